The van der Waals surface area contributed by atoms with Crippen LogP contribution in [0.2, 0.25) is 0 Å². The van der Waals surface area contributed by atoms with Gasteiger partial charge in [0.2, 0.25) is 5.91 Å². The molecule has 0 atom stereocenters. The van der Waals surface area contributed by atoms with Gasteiger partial charge in [-0.05, 0) is 41.9 Å². The van der Waals surface area contributed by atoms with E-state index in [1.54, 1.807) is 11.3 Å². The number of amides is 1. The lowest BCUT2D eigenvalue weighted by atomic mass is 10.0. The molecule has 0 spiro atoms. The number of nitrogens with one attached hydrogen (secondary N) is 1. The summed E-state index contributed by atoms with van der Waals surface area (Å²) in [6.45, 7) is 6.75. The highest BCUT2D eigenvalue weighted by Gasteiger charge is 2.28. The maximum Gasteiger partial charge on any atom is 0.227 e. The molecule has 1 aromatic rings. The average Bonchev–Trinajstić information content (AvgIpc) is 2.62. The number of carbonyl (C=O) groups is 1. The first-order valence-electron chi connectivity index (χ1n) is 5.73. The Hall–Kier alpha value is -0.390. The SMILES string of the molecule is CC1(C)CN(C(=O)Cc2ccc(Br)s2)CCN1. The van der Waals surface area contributed by atoms with E-state index in [0.29, 0.717) is 6.42 Å². The summed E-state index contributed by atoms with van der Waals surface area (Å²) in [6.07, 6.45) is 0.520. The van der Waals surface area contributed by atoms with Crippen molar-refractivity contribution in [3.05, 3.63) is 20.8 Å². The molecule has 1 aliphatic rings. The molecule has 1 fully saturated rings. The van der Waals surface area contributed by atoms with Crippen LogP contribution in [0.25, 0.3) is 0 Å². The second kappa shape index (κ2) is 5.08. The maximum absolute atomic E-state index is 12.2. The summed E-state index contributed by atoms with van der Waals surface area (Å²) in [7, 11) is 0. The van der Waals surface area contributed by atoms with Crippen molar-refractivity contribution < 1.29 is 4.79 Å². The minimum atomic E-state index is 0.0317. The number of hydrogen-bond donors (Lipinski definition) is 1. The number of nitrogens with zero attached hydrogens (tertiary/aromatic N) is 1. The molecule has 5 heteroatoms. The highest BCUT2D eigenvalue weighted by Crippen LogP contribution is 2.23. The summed E-state index contributed by atoms with van der Waals surface area (Å²) in [5, 5.41) is 3.41. The molecule has 0 aromatic carbocycles. The van der Waals surface area contributed by atoms with E-state index < -0.39 is 0 Å². The predicted molar refractivity (Wildman–Crippen MR) is 74.4 cm³/mol. The van der Waals surface area contributed by atoms with Crippen LogP contribution in [0.3, 0.4) is 0 Å². The Balaban J connectivity index is 1.96. The van der Waals surface area contributed by atoms with Crippen LogP contribution in [0.1, 0.15) is 18.7 Å². The molecule has 0 bridgehead atoms. The summed E-state index contributed by atoms with van der Waals surface area (Å²) in [4.78, 5) is 15.2. The van der Waals surface area contributed by atoms with Crippen LogP contribution in [0.15, 0.2) is 15.9 Å². The molecule has 3 nitrogen and oxygen atoms in total. The fourth-order valence-corrected chi connectivity index (χ4v) is 3.54. The molecule has 1 saturated heterocycles. The largest absolute Gasteiger partial charge is 0.339 e. The number of carbonyl (C=O) groups excluding carboxylic acids is 1. The molecule has 94 valence electrons. The summed E-state index contributed by atoms with van der Waals surface area (Å²) in [6, 6.07) is 4.01. The Bertz CT molecular complexity index is 416. The standard InChI is InChI=1S/C12H17BrN2OS/c1-12(2)8-15(6-5-14-12)11(16)7-9-3-4-10(13)17-9/h3-4,14H,5-8H2,1-2H3. The average molecular weight is 317 g/mol. The van der Waals surface area contributed by atoms with Crippen molar-refractivity contribution in [2.75, 3.05) is 19.6 Å². The Morgan fingerprint density at radius 2 is 2.35 bits per heavy atom. The number of piperazine rings is 1. The van der Waals surface area contributed by atoms with Gasteiger partial charge in [-0.1, -0.05) is 0 Å². The van der Waals surface area contributed by atoms with E-state index in [2.05, 4.69) is 35.1 Å². The predicted octanol–water partition coefficient (Wildman–Crippen LogP) is 2.26. The first kappa shape index (κ1) is 13.1. The monoisotopic (exact) mass is 316 g/mol. The Kier molecular flexibility index (Phi) is 3.90. The van der Waals surface area contributed by atoms with Crippen LogP contribution in [0, 0.1) is 0 Å². The molecule has 0 radical (unpaired) electrons. The molecule has 2 heterocycles. The molecule has 1 N–H and O–H groups in total. The van der Waals surface area contributed by atoms with Gasteiger partial charge in [0.05, 0.1) is 10.2 Å². The van der Waals surface area contributed by atoms with Gasteiger partial charge in [0.25, 0.3) is 0 Å². The second-order valence-corrected chi connectivity index (χ2v) is 7.56. The molecule has 17 heavy (non-hydrogen) atoms. The Morgan fingerprint density at radius 1 is 1.59 bits per heavy atom. The number of thiophene rings is 1. The summed E-state index contributed by atoms with van der Waals surface area (Å²) in [5.74, 6) is 0.230. The molecule has 1 amide bonds. The first-order chi connectivity index (χ1) is 7.96. The van der Waals surface area contributed by atoms with Gasteiger partial charge >= 0.3 is 0 Å². The normalized spacial score (nSPS) is 19.4. The maximum atomic E-state index is 12.2. The van der Waals surface area contributed by atoms with Gasteiger partial charge in [-0.25, -0.2) is 0 Å². The summed E-state index contributed by atoms with van der Waals surface area (Å²) < 4.78 is 1.08. The molecular formula is C12H17BrN2OS. The van der Waals surface area contributed by atoms with Crippen molar-refractivity contribution in [2.24, 2.45) is 0 Å². The van der Waals surface area contributed by atoms with Crippen LogP contribution in [0.5, 0.6) is 0 Å². The van der Waals surface area contributed by atoms with E-state index in [1.165, 1.54) is 0 Å². The smallest absolute Gasteiger partial charge is 0.227 e. The van der Waals surface area contributed by atoms with Gasteiger partial charge in [0, 0.05) is 30.1 Å². The van der Waals surface area contributed by atoms with E-state index >= 15 is 0 Å². The van der Waals surface area contributed by atoms with Gasteiger partial charge in [0.15, 0.2) is 0 Å². The van der Waals surface area contributed by atoms with Crippen LogP contribution in [-0.4, -0.2) is 36.0 Å². The van der Waals surface area contributed by atoms with Crippen LogP contribution in [-0.2, 0) is 11.2 Å². The van der Waals surface area contributed by atoms with Gasteiger partial charge < -0.3 is 10.2 Å². The zero-order valence-corrected chi connectivity index (χ0v) is 12.5. The van der Waals surface area contributed by atoms with Crippen molar-refractivity contribution >= 4 is 33.2 Å². The van der Waals surface area contributed by atoms with E-state index in [9.17, 15) is 4.79 Å². The van der Waals surface area contributed by atoms with Crippen molar-refractivity contribution in [3.8, 4) is 0 Å². The lowest BCUT2D eigenvalue weighted by Crippen LogP contribution is -2.58. The third-order valence-electron chi connectivity index (χ3n) is 2.88. The van der Waals surface area contributed by atoms with Gasteiger partial charge in [0.1, 0.15) is 0 Å². The molecule has 0 saturated carbocycles. The molecule has 1 aromatic heterocycles. The van der Waals surface area contributed by atoms with Crippen molar-refractivity contribution in [3.63, 3.8) is 0 Å². The molecule has 0 aliphatic carbocycles. The number of halogens is 1. The summed E-state index contributed by atoms with van der Waals surface area (Å²) in [5.41, 5.74) is 0.0317. The summed E-state index contributed by atoms with van der Waals surface area (Å²) >= 11 is 5.05. The van der Waals surface area contributed by atoms with Gasteiger partial charge in [-0.15, -0.1) is 11.3 Å². The molecular weight excluding hydrogens is 300 g/mol. The molecule has 0 unspecified atom stereocenters. The Labute approximate surface area is 114 Å². The topological polar surface area (TPSA) is 32.3 Å². The zero-order chi connectivity index (χ0) is 12.5. The zero-order valence-electron chi connectivity index (χ0n) is 10.1. The fourth-order valence-electron chi connectivity index (χ4n) is 2.06. The van der Waals surface area contributed by atoms with Crippen molar-refractivity contribution in [1.29, 1.82) is 0 Å². The van der Waals surface area contributed by atoms with Crippen LogP contribution in [0.4, 0.5) is 0 Å². The van der Waals surface area contributed by atoms with Crippen LogP contribution < -0.4 is 5.32 Å². The van der Waals surface area contributed by atoms with Gasteiger partial charge in [-0.2, -0.15) is 0 Å². The Morgan fingerprint density at radius 3 is 2.94 bits per heavy atom. The number of hydrogen-bond acceptors (Lipinski definition) is 3. The third-order valence-corrected chi connectivity index (χ3v) is 4.50. The molecule has 2 rings (SSSR count). The lowest BCUT2D eigenvalue weighted by Gasteiger charge is -2.39. The van der Waals surface area contributed by atoms with E-state index in [1.807, 2.05) is 17.0 Å². The minimum absolute atomic E-state index is 0.0317. The van der Waals surface area contributed by atoms with E-state index in [0.717, 1.165) is 28.3 Å². The highest BCUT2D eigenvalue weighted by molar-refractivity contribution is 9.11. The third kappa shape index (κ3) is 3.53. The highest BCUT2D eigenvalue weighted by atomic mass is 79.9. The fraction of sp³-hybridized carbons (Fsp3) is 0.583. The minimum Gasteiger partial charge on any atom is -0.339 e. The lowest BCUT2D eigenvalue weighted by molar-refractivity contribution is -0.132. The van der Waals surface area contributed by atoms with Crippen LogP contribution >= 0.6 is 27.3 Å². The first-order valence-corrected chi connectivity index (χ1v) is 7.34. The van der Waals surface area contributed by atoms with Crippen molar-refractivity contribution in [2.45, 2.75) is 25.8 Å². The quantitative estimate of drug-likeness (QED) is 0.907. The van der Waals surface area contributed by atoms with E-state index in [4.69, 9.17) is 0 Å². The second-order valence-electron chi connectivity index (χ2n) is 5.01. The van der Waals surface area contributed by atoms with Gasteiger partial charge in [-0.3, -0.25) is 4.79 Å². The number of rotatable bonds is 2. The molecule has 1 aliphatic heterocycles. The van der Waals surface area contributed by atoms with Crippen molar-refractivity contribution in [1.82, 2.24) is 10.2 Å². The van der Waals surface area contributed by atoms with E-state index in [-0.39, 0.29) is 11.4 Å².